The van der Waals surface area contributed by atoms with Gasteiger partial charge in [-0.3, -0.25) is 14.2 Å². The molecule has 114 valence electrons. The molecule has 0 saturated heterocycles. The molecule has 12 heteroatoms. The molecule has 1 unspecified atom stereocenters. The lowest BCUT2D eigenvalue weighted by molar-refractivity contribution is -0.149. The van der Waals surface area contributed by atoms with E-state index < -0.39 is 45.1 Å². The Kier molecular flexibility index (Phi) is 8.45. The van der Waals surface area contributed by atoms with Gasteiger partial charge in [-0.05, 0) is 0 Å². The molecule has 0 aliphatic rings. The molecule has 11 nitrogen and oxygen atoms in total. The summed E-state index contributed by atoms with van der Waals surface area (Å²) in [6.45, 7) is -1.92. The summed E-state index contributed by atoms with van der Waals surface area (Å²) in [7, 11) is -4.85. The van der Waals surface area contributed by atoms with Crippen LogP contribution in [-0.4, -0.2) is 69.2 Å². The number of ketones is 1. The van der Waals surface area contributed by atoms with Gasteiger partial charge in [0, 0.05) is 0 Å². The summed E-state index contributed by atoms with van der Waals surface area (Å²) >= 11 is 0. The van der Waals surface area contributed by atoms with Crippen molar-refractivity contribution >= 4 is 13.6 Å². The third kappa shape index (κ3) is 8.34. The van der Waals surface area contributed by atoms with Crippen molar-refractivity contribution in [3.8, 4) is 0 Å². The molecule has 0 bridgehead atoms. The van der Waals surface area contributed by atoms with Gasteiger partial charge in [-0.15, -0.1) is 0 Å². The van der Waals surface area contributed by atoms with Gasteiger partial charge in [0.2, 0.25) is 0 Å². The van der Waals surface area contributed by atoms with Crippen LogP contribution < -0.4 is 5.90 Å². The Labute approximate surface area is 107 Å². The lowest BCUT2D eigenvalue weighted by Gasteiger charge is -2.19. The van der Waals surface area contributed by atoms with Crippen molar-refractivity contribution in [2.24, 2.45) is 5.90 Å². The Morgan fingerprint density at radius 1 is 1.21 bits per heavy atom. The summed E-state index contributed by atoms with van der Waals surface area (Å²) in [4.78, 5) is 32.0. The van der Waals surface area contributed by atoms with E-state index in [4.69, 9.17) is 9.79 Å². The third-order valence-electron chi connectivity index (χ3n) is 1.82. The van der Waals surface area contributed by atoms with Gasteiger partial charge >= 0.3 is 7.82 Å². The molecule has 0 saturated carbocycles. The van der Waals surface area contributed by atoms with Gasteiger partial charge in [0.15, 0.2) is 12.6 Å². The zero-order valence-corrected chi connectivity index (χ0v) is 10.5. The molecule has 0 aliphatic carbocycles. The molecular weight excluding hydrogens is 289 g/mol. The van der Waals surface area contributed by atoms with Gasteiger partial charge in [-0.1, -0.05) is 0 Å². The number of Topliss-reactive ketones (excluding diaryl/α,β-unsaturated/α-hetero) is 1. The number of aliphatic hydroxyl groups excluding tert-OH is 3. The first-order valence-corrected chi connectivity index (χ1v) is 6.39. The fraction of sp³-hybridized carbons (Fsp3) is 0.857. The molecule has 0 aromatic carbocycles. The number of phosphoric acid groups is 1. The molecule has 0 rings (SSSR count). The van der Waals surface area contributed by atoms with Gasteiger partial charge in [0.05, 0.1) is 13.2 Å². The van der Waals surface area contributed by atoms with Gasteiger partial charge in [0.1, 0.15) is 18.3 Å². The maximum absolute atomic E-state index is 11.3. The van der Waals surface area contributed by atoms with Crippen LogP contribution in [0.2, 0.25) is 0 Å². The summed E-state index contributed by atoms with van der Waals surface area (Å²) in [6, 6.07) is 0. The zero-order valence-electron chi connectivity index (χ0n) is 9.66. The van der Waals surface area contributed by atoms with E-state index in [1.807, 2.05) is 0 Å². The lowest BCUT2D eigenvalue weighted by atomic mass is 10.1. The number of hydrogen-bond acceptors (Lipinski definition) is 9. The van der Waals surface area contributed by atoms with Crippen LogP contribution in [0.4, 0.5) is 0 Å². The molecular formula is C7H16NO10P. The SMILES string of the molecule is NOCOCC(O)[C@@H](O)C(=O)[C@H](O)COP(=O)(O)O. The Bertz CT molecular complexity index is 319. The van der Waals surface area contributed by atoms with Crippen molar-refractivity contribution in [3.63, 3.8) is 0 Å². The number of aliphatic hydroxyl groups is 3. The fourth-order valence-corrected chi connectivity index (χ4v) is 1.28. The highest BCUT2D eigenvalue weighted by Gasteiger charge is 2.31. The monoisotopic (exact) mass is 305 g/mol. The predicted octanol–water partition coefficient (Wildman–Crippen LogP) is -3.39. The first-order chi connectivity index (χ1) is 8.69. The second-order valence-corrected chi connectivity index (χ2v) is 4.61. The molecule has 0 heterocycles. The number of carbonyl (C=O) groups excluding carboxylic acids is 1. The largest absolute Gasteiger partial charge is 0.469 e. The van der Waals surface area contributed by atoms with Gasteiger partial charge in [-0.25, -0.2) is 10.5 Å². The molecule has 7 N–H and O–H groups in total. The first kappa shape index (κ1) is 18.5. The van der Waals surface area contributed by atoms with Crippen molar-refractivity contribution in [1.29, 1.82) is 0 Å². The molecule has 0 aromatic rings. The van der Waals surface area contributed by atoms with E-state index in [1.165, 1.54) is 0 Å². The van der Waals surface area contributed by atoms with Crippen LogP contribution in [0.3, 0.4) is 0 Å². The van der Waals surface area contributed by atoms with Crippen LogP contribution in [0.15, 0.2) is 0 Å². The number of hydrogen-bond donors (Lipinski definition) is 6. The normalized spacial score (nSPS) is 16.9. The minimum Gasteiger partial charge on any atom is -0.388 e. The summed E-state index contributed by atoms with van der Waals surface area (Å²) in [5.41, 5.74) is 0. The maximum atomic E-state index is 11.3. The highest BCUT2D eigenvalue weighted by molar-refractivity contribution is 7.46. The smallest absolute Gasteiger partial charge is 0.388 e. The van der Waals surface area contributed by atoms with Crippen LogP contribution in [0, 0.1) is 0 Å². The minimum atomic E-state index is -4.85. The van der Waals surface area contributed by atoms with E-state index in [0.717, 1.165) is 0 Å². The molecule has 0 radical (unpaired) electrons. The lowest BCUT2D eigenvalue weighted by Crippen LogP contribution is -2.44. The summed E-state index contributed by atoms with van der Waals surface area (Å²) in [6.07, 6.45) is -5.71. The molecule has 0 fully saturated rings. The van der Waals surface area contributed by atoms with E-state index in [2.05, 4.69) is 20.0 Å². The molecule has 0 aromatic heterocycles. The van der Waals surface area contributed by atoms with Gasteiger partial charge < -0.3 is 29.8 Å². The van der Waals surface area contributed by atoms with E-state index in [1.54, 1.807) is 0 Å². The van der Waals surface area contributed by atoms with E-state index >= 15 is 0 Å². The van der Waals surface area contributed by atoms with Crippen molar-refractivity contribution < 1.29 is 48.6 Å². The molecule has 0 spiro atoms. The fourth-order valence-electron chi connectivity index (χ4n) is 0.945. The standard InChI is InChI=1S/C7H16NO10P/c8-17-3-16-1-4(9)6(11)7(12)5(10)2-18-19(13,14)15/h4-6,9-11H,1-3,8H2,(H2,13,14,15)/t4?,5-,6-/m1/s1. The zero-order chi connectivity index (χ0) is 15.1. The summed E-state index contributed by atoms with van der Waals surface area (Å²) < 4.78 is 18.8. The number of ether oxygens (including phenoxy) is 1. The maximum Gasteiger partial charge on any atom is 0.469 e. The van der Waals surface area contributed by atoms with Crippen LogP contribution in [0.25, 0.3) is 0 Å². The first-order valence-electron chi connectivity index (χ1n) is 4.86. The van der Waals surface area contributed by atoms with Crippen LogP contribution in [-0.2, 0) is 23.5 Å². The number of phosphoric ester groups is 1. The number of nitrogens with two attached hydrogens (primary N) is 1. The molecule has 3 atom stereocenters. The van der Waals surface area contributed by atoms with Crippen molar-refractivity contribution in [1.82, 2.24) is 0 Å². The Morgan fingerprint density at radius 2 is 1.79 bits per heavy atom. The van der Waals surface area contributed by atoms with Crippen molar-refractivity contribution in [2.75, 3.05) is 20.0 Å². The molecule has 19 heavy (non-hydrogen) atoms. The second kappa shape index (κ2) is 8.66. The molecule has 0 aliphatic heterocycles. The van der Waals surface area contributed by atoms with Gasteiger partial charge in [0.25, 0.3) is 0 Å². The number of rotatable bonds is 10. The van der Waals surface area contributed by atoms with Crippen molar-refractivity contribution in [3.05, 3.63) is 0 Å². The second-order valence-electron chi connectivity index (χ2n) is 3.37. The predicted molar refractivity (Wildman–Crippen MR) is 57.1 cm³/mol. The summed E-state index contributed by atoms with van der Waals surface area (Å²) in [5, 5.41) is 27.8. The van der Waals surface area contributed by atoms with E-state index in [9.17, 15) is 24.7 Å². The number of carbonyl (C=O) groups is 1. The van der Waals surface area contributed by atoms with Gasteiger partial charge in [-0.2, -0.15) is 0 Å². The van der Waals surface area contributed by atoms with Crippen molar-refractivity contribution in [2.45, 2.75) is 18.3 Å². The van der Waals surface area contributed by atoms with Crippen LogP contribution in [0.5, 0.6) is 0 Å². The Balaban J connectivity index is 4.19. The van der Waals surface area contributed by atoms with Crippen LogP contribution >= 0.6 is 7.82 Å². The Hall–Kier alpha value is -0.460. The van der Waals surface area contributed by atoms with E-state index in [0.29, 0.717) is 0 Å². The third-order valence-corrected chi connectivity index (χ3v) is 2.31. The highest BCUT2D eigenvalue weighted by atomic mass is 31.2. The topological polar surface area (TPSA) is 189 Å². The molecule has 0 amide bonds. The summed E-state index contributed by atoms with van der Waals surface area (Å²) in [5.74, 6) is 3.33. The Morgan fingerprint density at radius 3 is 2.26 bits per heavy atom. The average Bonchev–Trinajstić information content (AvgIpc) is 2.33. The minimum absolute atomic E-state index is 0.387. The quantitative estimate of drug-likeness (QED) is 0.102. The van der Waals surface area contributed by atoms with E-state index in [-0.39, 0.29) is 6.79 Å². The average molecular weight is 305 g/mol. The van der Waals surface area contributed by atoms with Crippen LogP contribution in [0.1, 0.15) is 0 Å². The highest BCUT2D eigenvalue weighted by Crippen LogP contribution is 2.35.